The van der Waals surface area contributed by atoms with Gasteiger partial charge >= 0.3 is 5.97 Å². The van der Waals surface area contributed by atoms with Crippen LogP contribution in [0.1, 0.15) is 98.3 Å². The van der Waals surface area contributed by atoms with Gasteiger partial charge in [0, 0.05) is 6.42 Å². The zero-order valence-electron chi connectivity index (χ0n) is 15.6. The van der Waals surface area contributed by atoms with Gasteiger partial charge in [-0.2, -0.15) is 0 Å². The standard InChI is InChI=1S/C19H37NO3/c1-5-6-7-8-9-10-11-12-13-14-17(21)20-16(18(22)23)15-19(2,3)4/h16H,5-15H2,1-4H3,(H,20,21)(H,22,23)/t16-/m0/s1. The number of amides is 1. The number of nitrogens with one attached hydrogen (secondary N) is 1. The molecular formula is C19H37NO3. The molecule has 0 aliphatic carbocycles. The number of carboxylic acid groups (broad SMARTS) is 1. The summed E-state index contributed by atoms with van der Waals surface area (Å²) in [5, 5.41) is 11.9. The van der Waals surface area contributed by atoms with Gasteiger partial charge in [0.25, 0.3) is 0 Å². The molecule has 0 rings (SSSR count). The van der Waals surface area contributed by atoms with Crippen LogP contribution >= 0.6 is 0 Å². The molecule has 0 aromatic carbocycles. The van der Waals surface area contributed by atoms with E-state index in [4.69, 9.17) is 0 Å². The van der Waals surface area contributed by atoms with E-state index in [1.807, 2.05) is 20.8 Å². The molecule has 23 heavy (non-hydrogen) atoms. The number of aliphatic carboxylic acids is 1. The van der Waals surface area contributed by atoms with Crippen LogP contribution in [0, 0.1) is 5.41 Å². The molecule has 2 N–H and O–H groups in total. The van der Waals surface area contributed by atoms with E-state index in [9.17, 15) is 14.7 Å². The van der Waals surface area contributed by atoms with Gasteiger partial charge in [0.05, 0.1) is 0 Å². The largest absolute Gasteiger partial charge is 0.480 e. The van der Waals surface area contributed by atoms with E-state index in [0.29, 0.717) is 12.8 Å². The zero-order chi connectivity index (χ0) is 17.7. The summed E-state index contributed by atoms with van der Waals surface area (Å²) >= 11 is 0. The molecule has 0 heterocycles. The van der Waals surface area contributed by atoms with E-state index in [1.54, 1.807) is 0 Å². The molecule has 0 fully saturated rings. The number of carboxylic acids is 1. The minimum absolute atomic E-state index is 0.117. The highest BCUT2D eigenvalue weighted by Crippen LogP contribution is 2.21. The number of unbranched alkanes of at least 4 members (excludes halogenated alkanes) is 8. The Morgan fingerprint density at radius 3 is 1.83 bits per heavy atom. The molecule has 0 aliphatic rings. The number of hydrogen-bond donors (Lipinski definition) is 2. The van der Waals surface area contributed by atoms with Gasteiger partial charge in [-0.15, -0.1) is 0 Å². The van der Waals surface area contributed by atoms with Crippen molar-refractivity contribution >= 4 is 11.9 Å². The molecule has 0 unspecified atom stereocenters. The first-order chi connectivity index (χ1) is 10.8. The molecule has 4 nitrogen and oxygen atoms in total. The van der Waals surface area contributed by atoms with Crippen molar-refractivity contribution in [3.05, 3.63) is 0 Å². The molecule has 0 saturated heterocycles. The van der Waals surface area contributed by atoms with Crippen molar-refractivity contribution in [3.8, 4) is 0 Å². The van der Waals surface area contributed by atoms with Crippen LogP contribution in [0.2, 0.25) is 0 Å². The Kier molecular flexibility index (Phi) is 11.8. The molecular weight excluding hydrogens is 290 g/mol. The van der Waals surface area contributed by atoms with Crippen molar-refractivity contribution in [2.75, 3.05) is 0 Å². The average Bonchev–Trinajstić information content (AvgIpc) is 2.43. The lowest BCUT2D eigenvalue weighted by molar-refractivity contribution is -0.142. The molecule has 1 amide bonds. The van der Waals surface area contributed by atoms with Crippen LogP contribution < -0.4 is 5.32 Å². The fourth-order valence-electron chi connectivity index (χ4n) is 2.68. The summed E-state index contributed by atoms with van der Waals surface area (Å²) in [5.41, 5.74) is -0.117. The minimum atomic E-state index is -0.944. The summed E-state index contributed by atoms with van der Waals surface area (Å²) in [4.78, 5) is 23.1. The first kappa shape index (κ1) is 21.9. The second-order valence-corrected chi connectivity index (χ2v) is 7.80. The SMILES string of the molecule is CCCCCCCCCCCC(=O)N[C@@H](CC(C)(C)C)C(=O)O. The van der Waals surface area contributed by atoms with Crippen molar-refractivity contribution in [2.45, 2.75) is 104 Å². The van der Waals surface area contributed by atoms with Crippen LogP contribution in [-0.2, 0) is 9.59 Å². The molecule has 0 bridgehead atoms. The number of carbonyl (C=O) groups is 2. The second kappa shape index (κ2) is 12.4. The molecule has 0 saturated carbocycles. The number of carbonyl (C=O) groups excluding carboxylic acids is 1. The predicted molar refractivity (Wildman–Crippen MR) is 95.5 cm³/mol. The number of rotatable bonds is 13. The summed E-state index contributed by atoms with van der Waals surface area (Å²) in [6.07, 6.45) is 11.8. The van der Waals surface area contributed by atoms with Crippen molar-refractivity contribution < 1.29 is 14.7 Å². The van der Waals surface area contributed by atoms with E-state index < -0.39 is 12.0 Å². The van der Waals surface area contributed by atoms with Gasteiger partial charge in [0.2, 0.25) is 5.91 Å². The highest BCUT2D eigenvalue weighted by molar-refractivity contribution is 5.83. The molecule has 4 heteroatoms. The molecule has 136 valence electrons. The fraction of sp³-hybridized carbons (Fsp3) is 0.895. The van der Waals surface area contributed by atoms with Gasteiger partial charge in [0.15, 0.2) is 0 Å². The van der Waals surface area contributed by atoms with E-state index in [-0.39, 0.29) is 11.3 Å². The topological polar surface area (TPSA) is 66.4 Å². The van der Waals surface area contributed by atoms with Gasteiger partial charge in [-0.1, -0.05) is 79.1 Å². The van der Waals surface area contributed by atoms with E-state index in [2.05, 4.69) is 12.2 Å². The van der Waals surface area contributed by atoms with Crippen molar-refractivity contribution in [2.24, 2.45) is 5.41 Å². The quantitative estimate of drug-likeness (QED) is 0.472. The molecule has 1 atom stereocenters. The Labute approximate surface area is 142 Å². The average molecular weight is 328 g/mol. The predicted octanol–water partition coefficient (Wildman–Crippen LogP) is 4.91. The van der Waals surface area contributed by atoms with Crippen molar-refractivity contribution in [3.63, 3.8) is 0 Å². The Morgan fingerprint density at radius 2 is 1.39 bits per heavy atom. The molecule has 0 aliphatic heterocycles. The summed E-state index contributed by atoms with van der Waals surface area (Å²) in [7, 11) is 0. The van der Waals surface area contributed by atoms with Crippen LogP contribution in [0.3, 0.4) is 0 Å². The lowest BCUT2D eigenvalue weighted by atomic mass is 9.88. The third-order valence-corrected chi connectivity index (χ3v) is 3.96. The first-order valence-corrected chi connectivity index (χ1v) is 9.28. The van der Waals surface area contributed by atoms with Crippen LogP contribution in [0.4, 0.5) is 0 Å². The summed E-state index contributed by atoms with van der Waals surface area (Å²) in [6.45, 7) is 8.17. The maximum absolute atomic E-state index is 11.9. The van der Waals surface area contributed by atoms with E-state index in [1.165, 1.54) is 44.9 Å². The normalized spacial score (nSPS) is 12.9. The lowest BCUT2D eigenvalue weighted by Gasteiger charge is -2.24. The minimum Gasteiger partial charge on any atom is -0.480 e. The number of hydrogen-bond acceptors (Lipinski definition) is 2. The van der Waals surface area contributed by atoms with E-state index >= 15 is 0 Å². The summed E-state index contributed by atoms with van der Waals surface area (Å²) in [6, 6.07) is -0.777. The summed E-state index contributed by atoms with van der Waals surface area (Å²) in [5.74, 6) is -1.08. The lowest BCUT2D eigenvalue weighted by Crippen LogP contribution is -2.43. The Morgan fingerprint density at radius 1 is 0.913 bits per heavy atom. The highest BCUT2D eigenvalue weighted by Gasteiger charge is 2.25. The highest BCUT2D eigenvalue weighted by atomic mass is 16.4. The fourth-order valence-corrected chi connectivity index (χ4v) is 2.68. The third-order valence-electron chi connectivity index (χ3n) is 3.96. The van der Waals surface area contributed by atoms with Crippen molar-refractivity contribution in [1.82, 2.24) is 5.32 Å². The van der Waals surface area contributed by atoms with Gasteiger partial charge < -0.3 is 10.4 Å². The summed E-state index contributed by atoms with van der Waals surface area (Å²) < 4.78 is 0. The van der Waals surface area contributed by atoms with E-state index in [0.717, 1.165) is 12.8 Å². The molecule has 0 aromatic rings. The van der Waals surface area contributed by atoms with Gasteiger partial charge in [-0.3, -0.25) is 4.79 Å². The molecule has 0 radical (unpaired) electrons. The van der Waals surface area contributed by atoms with Gasteiger partial charge in [-0.25, -0.2) is 4.79 Å². The Balaban J connectivity index is 3.74. The van der Waals surface area contributed by atoms with Gasteiger partial charge in [-0.05, 0) is 18.3 Å². The Hall–Kier alpha value is -1.06. The molecule has 0 spiro atoms. The van der Waals surface area contributed by atoms with Gasteiger partial charge in [0.1, 0.15) is 6.04 Å². The smallest absolute Gasteiger partial charge is 0.326 e. The first-order valence-electron chi connectivity index (χ1n) is 9.28. The maximum Gasteiger partial charge on any atom is 0.326 e. The van der Waals surface area contributed by atoms with Crippen molar-refractivity contribution in [1.29, 1.82) is 0 Å². The van der Waals surface area contributed by atoms with Crippen LogP contribution in [0.25, 0.3) is 0 Å². The van der Waals surface area contributed by atoms with Crippen LogP contribution in [0.15, 0.2) is 0 Å². The Bertz CT molecular complexity index is 334. The monoisotopic (exact) mass is 327 g/mol. The third kappa shape index (κ3) is 14.3. The maximum atomic E-state index is 11.9. The zero-order valence-corrected chi connectivity index (χ0v) is 15.6. The van der Waals surface area contributed by atoms with Crippen LogP contribution in [-0.4, -0.2) is 23.0 Å². The van der Waals surface area contributed by atoms with Crippen LogP contribution in [0.5, 0.6) is 0 Å². The second-order valence-electron chi connectivity index (χ2n) is 7.80. The molecule has 0 aromatic heterocycles.